The summed E-state index contributed by atoms with van der Waals surface area (Å²) in [4.78, 5) is 22.8. The van der Waals surface area contributed by atoms with Crippen LogP contribution >= 0.6 is 11.6 Å². The molecule has 0 atom stereocenters. The van der Waals surface area contributed by atoms with Gasteiger partial charge in [0, 0.05) is 5.56 Å². The molecule has 1 heterocycles. The van der Waals surface area contributed by atoms with E-state index in [0.29, 0.717) is 22.3 Å². The zero-order chi connectivity index (χ0) is 20.8. The van der Waals surface area contributed by atoms with E-state index in [1.807, 2.05) is 0 Å². The third kappa shape index (κ3) is 5.24. The molecule has 0 aliphatic rings. The SMILES string of the molecule is Cc1cc(C(=O)O)ccc1-c1ccc(/C=N/NC(=O)COc2ccccc2Cl)o1. The molecule has 8 heteroatoms. The number of benzene rings is 2. The highest BCUT2D eigenvalue weighted by Gasteiger charge is 2.10. The van der Waals surface area contributed by atoms with Crippen molar-refractivity contribution in [1.82, 2.24) is 5.43 Å². The Kier molecular flexibility index (Phi) is 6.31. The zero-order valence-electron chi connectivity index (χ0n) is 15.4. The number of aromatic carboxylic acids is 1. The van der Waals surface area contributed by atoms with Crippen LogP contribution in [0.1, 0.15) is 21.7 Å². The van der Waals surface area contributed by atoms with Crippen LogP contribution in [0.5, 0.6) is 5.75 Å². The van der Waals surface area contributed by atoms with E-state index in [-0.39, 0.29) is 12.2 Å². The lowest BCUT2D eigenvalue weighted by Gasteiger charge is -2.06. The van der Waals surface area contributed by atoms with Crippen molar-refractivity contribution in [3.8, 4) is 17.1 Å². The van der Waals surface area contributed by atoms with Crippen molar-refractivity contribution in [1.29, 1.82) is 0 Å². The normalized spacial score (nSPS) is 10.8. The fourth-order valence-corrected chi connectivity index (χ4v) is 2.74. The molecule has 0 saturated heterocycles. The number of hydrogen-bond donors (Lipinski definition) is 2. The molecule has 2 aromatic carbocycles. The number of carboxylic acid groups (broad SMARTS) is 1. The summed E-state index contributed by atoms with van der Waals surface area (Å²) in [5.74, 6) is -0.0363. The molecule has 0 bridgehead atoms. The molecular formula is C21H17ClN2O5. The Labute approximate surface area is 171 Å². The summed E-state index contributed by atoms with van der Waals surface area (Å²) in [6, 6.07) is 15.1. The van der Waals surface area contributed by atoms with E-state index in [2.05, 4.69) is 10.5 Å². The predicted molar refractivity (Wildman–Crippen MR) is 109 cm³/mol. The summed E-state index contributed by atoms with van der Waals surface area (Å²) >= 11 is 5.95. The number of hydrogen-bond acceptors (Lipinski definition) is 5. The van der Waals surface area contributed by atoms with Crippen LogP contribution in [0.2, 0.25) is 5.02 Å². The van der Waals surface area contributed by atoms with Gasteiger partial charge in [0.1, 0.15) is 17.3 Å². The third-order valence-electron chi connectivity index (χ3n) is 3.94. The summed E-state index contributed by atoms with van der Waals surface area (Å²) in [7, 11) is 0. The van der Waals surface area contributed by atoms with Gasteiger partial charge < -0.3 is 14.3 Å². The van der Waals surface area contributed by atoms with Crippen molar-refractivity contribution >= 4 is 29.7 Å². The minimum Gasteiger partial charge on any atom is -0.482 e. The highest BCUT2D eigenvalue weighted by Crippen LogP contribution is 2.26. The quantitative estimate of drug-likeness (QED) is 0.448. The lowest BCUT2D eigenvalue weighted by atomic mass is 10.0. The van der Waals surface area contributed by atoms with Gasteiger partial charge in [-0.1, -0.05) is 29.8 Å². The monoisotopic (exact) mass is 412 g/mol. The maximum Gasteiger partial charge on any atom is 0.335 e. The molecular weight excluding hydrogens is 396 g/mol. The number of carbonyl (C=O) groups is 2. The number of para-hydroxylation sites is 1. The Balaban J connectivity index is 1.57. The number of nitrogens with zero attached hydrogens (tertiary/aromatic N) is 1. The van der Waals surface area contributed by atoms with Crippen LogP contribution < -0.4 is 10.2 Å². The van der Waals surface area contributed by atoms with Crippen molar-refractivity contribution in [2.45, 2.75) is 6.92 Å². The van der Waals surface area contributed by atoms with Gasteiger partial charge in [-0.25, -0.2) is 10.2 Å². The number of carbonyl (C=O) groups excluding carboxylic acids is 1. The molecule has 0 radical (unpaired) electrons. The van der Waals surface area contributed by atoms with E-state index in [1.54, 1.807) is 55.5 Å². The Morgan fingerprint density at radius 3 is 2.72 bits per heavy atom. The molecule has 0 aliphatic carbocycles. The van der Waals surface area contributed by atoms with Crippen molar-refractivity contribution in [3.63, 3.8) is 0 Å². The molecule has 0 unspecified atom stereocenters. The van der Waals surface area contributed by atoms with Gasteiger partial charge in [0.05, 0.1) is 16.8 Å². The first-order chi connectivity index (χ1) is 13.9. The van der Waals surface area contributed by atoms with E-state index < -0.39 is 11.9 Å². The number of aryl methyl sites for hydroxylation is 1. The van der Waals surface area contributed by atoms with Gasteiger partial charge in [-0.2, -0.15) is 5.10 Å². The van der Waals surface area contributed by atoms with Crippen molar-refractivity contribution < 1.29 is 23.8 Å². The number of furan rings is 1. The zero-order valence-corrected chi connectivity index (χ0v) is 16.1. The first-order valence-electron chi connectivity index (χ1n) is 8.57. The first-order valence-corrected chi connectivity index (χ1v) is 8.95. The van der Waals surface area contributed by atoms with E-state index in [0.717, 1.165) is 11.1 Å². The number of carboxylic acids is 1. The van der Waals surface area contributed by atoms with E-state index >= 15 is 0 Å². The minimum atomic E-state index is -0.985. The number of hydrazone groups is 1. The molecule has 3 aromatic rings. The summed E-state index contributed by atoms with van der Waals surface area (Å²) in [5, 5.41) is 13.3. The van der Waals surface area contributed by atoms with Crippen LogP contribution in [0.15, 0.2) is 64.1 Å². The Hall–Kier alpha value is -3.58. The van der Waals surface area contributed by atoms with E-state index in [1.165, 1.54) is 12.3 Å². The van der Waals surface area contributed by atoms with Crippen LogP contribution in [0.25, 0.3) is 11.3 Å². The molecule has 0 saturated carbocycles. The fourth-order valence-electron chi connectivity index (χ4n) is 2.55. The average Bonchev–Trinajstić information content (AvgIpc) is 3.15. The third-order valence-corrected chi connectivity index (χ3v) is 4.25. The summed E-state index contributed by atoms with van der Waals surface area (Å²) in [6.07, 6.45) is 1.36. The van der Waals surface area contributed by atoms with Gasteiger partial charge in [-0.05, 0) is 48.9 Å². The van der Waals surface area contributed by atoms with Gasteiger partial charge in [-0.3, -0.25) is 4.79 Å². The maximum atomic E-state index is 11.8. The largest absolute Gasteiger partial charge is 0.482 e. The molecule has 0 spiro atoms. The summed E-state index contributed by atoms with van der Waals surface area (Å²) in [6.45, 7) is 1.57. The predicted octanol–water partition coefficient (Wildman–Crippen LogP) is 4.14. The average molecular weight is 413 g/mol. The van der Waals surface area contributed by atoms with Crippen molar-refractivity contribution in [3.05, 3.63) is 76.5 Å². The lowest BCUT2D eigenvalue weighted by Crippen LogP contribution is -2.24. The first kappa shape index (κ1) is 20.2. The second-order valence-corrected chi connectivity index (χ2v) is 6.46. The number of ether oxygens (including phenoxy) is 1. The molecule has 7 nitrogen and oxygen atoms in total. The van der Waals surface area contributed by atoms with Gasteiger partial charge in [0.15, 0.2) is 6.61 Å². The number of amides is 1. The molecule has 148 valence electrons. The van der Waals surface area contributed by atoms with Crippen molar-refractivity contribution in [2.75, 3.05) is 6.61 Å². The van der Waals surface area contributed by atoms with Gasteiger partial charge in [0.25, 0.3) is 5.91 Å². The molecule has 0 fully saturated rings. The van der Waals surface area contributed by atoms with Crippen LogP contribution in [0.4, 0.5) is 0 Å². The molecule has 2 N–H and O–H groups in total. The van der Waals surface area contributed by atoms with Crippen LogP contribution in [-0.2, 0) is 4.79 Å². The Morgan fingerprint density at radius 1 is 1.21 bits per heavy atom. The highest BCUT2D eigenvalue weighted by atomic mass is 35.5. The van der Waals surface area contributed by atoms with Crippen LogP contribution in [-0.4, -0.2) is 29.8 Å². The van der Waals surface area contributed by atoms with Gasteiger partial charge in [0.2, 0.25) is 0 Å². The molecule has 29 heavy (non-hydrogen) atoms. The Bertz CT molecular complexity index is 1070. The summed E-state index contributed by atoms with van der Waals surface area (Å²) < 4.78 is 11.0. The highest BCUT2D eigenvalue weighted by molar-refractivity contribution is 6.32. The standard InChI is InChI=1S/C21H17ClN2O5/c1-13-10-14(21(26)27)6-8-16(13)18-9-7-15(29-18)11-23-24-20(25)12-28-19-5-3-2-4-17(19)22/h2-11H,12H2,1H3,(H,24,25)(H,26,27)/b23-11+. The Morgan fingerprint density at radius 2 is 2.00 bits per heavy atom. The lowest BCUT2D eigenvalue weighted by molar-refractivity contribution is -0.123. The minimum absolute atomic E-state index is 0.210. The molecule has 0 aliphatic heterocycles. The number of nitrogens with one attached hydrogen (secondary N) is 1. The van der Waals surface area contributed by atoms with E-state index in [9.17, 15) is 9.59 Å². The number of halogens is 1. The van der Waals surface area contributed by atoms with Crippen molar-refractivity contribution in [2.24, 2.45) is 5.10 Å². The summed E-state index contributed by atoms with van der Waals surface area (Å²) in [5.41, 5.74) is 4.09. The second kappa shape index (κ2) is 9.07. The molecule has 3 rings (SSSR count). The molecule has 1 amide bonds. The fraction of sp³-hybridized carbons (Fsp3) is 0.0952. The topological polar surface area (TPSA) is 101 Å². The van der Waals surface area contributed by atoms with Crippen LogP contribution in [0.3, 0.4) is 0 Å². The maximum absolute atomic E-state index is 11.8. The van der Waals surface area contributed by atoms with Gasteiger partial charge in [-0.15, -0.1) is 0 Å². The number of rotatable bonds is 7. The molecule has 1 aromatic heterocycles. The smallest absolute Gasteiger partial charge is 0.335 e. The van der Waals surface area contributed by atoms with Crippen LogP contribution in [0, 0.1) is 6.92 Å². The second-order valence-electron chi connectivity index (χ2n) is 6.05. The van der Waals surface area contributed by atoms with Gasteiger partial charge >= 0.3 is 5.97 Å². The van der Waals surface area contributed by atoms with E-state index in [4.69, 9.17) is 25.9 Å².